The van der Waals surface area contributed by atoms with E-state index >= 15 is 0 Å². The Hall–Kier alpha value is -2.86. The summed E-state index contributed by atoms with van der Waals surface area (Å²) in [6, 6.07) is 14.2. The molecule has 2 aromatic rings. The third-order valence-electron chi connectivity index (χ3n) is 6.77. The average molecular weight is 499 g/mol. The van der Waals surface area contributed by atoms with Crippen LogP contribution in [0.15, 0.2) is 54.6 Å². The molecule has 2 aromatic carbocycles. The van der Waals surface area contributed by atoms with E-state index in [0.717, 1.165) is 4.90 Å². The number of non-ortho nitro benzene ring substituents is 1. The molecule has 0 unspecified atom stereocenters. The Balaban J connectivity index is 1.61. The summed E-state index contributed by atoms with van der Waals surface area (Å²) in [5.41, 5.74) is 0.430. The van der Waals surface area contributed by atoms with Crippen LogP contribution in [0.25, 0.3) is 0 Å². The molecule has 11 heteroatoms. The van der Waals surface area contributed by atoms with Gasteiger partial charge in [0.2, 0.25) is 5.91 Å². The molecule has 0 spiro atoms. The van der Waals surface area contributed by atoms with Gasteiger partial charge in [-0.25, -0.2) is 4.90 Å². The molecule has 0 saturated carbocycles. The number of nitro benzene ring substituents is 1. The second-order valence-electron chi connectivity index (χ2n) is 9.00. The van der Waals surface area contributed by atoms with Crippen LogP contribution in [0.3, 0.4) is 0 Å². The van der Waals surface area contributed by atoms with Crippen LogP contribution in [0.5, 0.6) is 0 Å². The first-order valence-corrected chi connectivity index (χ1v) is 12.0. The van der Waals surface area contributed by atoms with E-state index in [1.165, 1.54) is 23.9 Å². The smallest absolute Gasteiger partial charge is 0.269 e. The fourth-order valence-electron chi connectivity index (χ4n) is 4.73. The summed E-state index contributed by atoms with van der Waals surface area (Å²) in [6.07, 6.45) is -1.03. The number of thiocarbonyl (C=S) groups is 1. The summed E-state index contributed by atoms with van der Waals surface area (Å²) in [5, 5.41) is 12.8. The molecule has 0 radical (unpaired) electrons. The quantitative estimate of drug-likeness (QED) is 0.272. The van der Waals surface area contributed by atoms with Crippen molar-refractivity contribution in [3.63, 3.8) is 0 Å². The summed E-state index contributed by atoms with van der Waals surface area (Å²) in [6.45, 7) is 4.01. The molecular weight excluding hydrogens is 476 g/mol. The van der Waals surface area contributed by atoms with Crippen molar-refractivity contribution < 1.29 is 19.3 Å². The molecule has 0 aliphatic carbocycles. The van der Waals surface area contributed by atoms with Gasteiger partial charge in [-0.15, -0.1) is 0 Å². The molecule has 0 aromatic heterocycles. The van der Waals surface area contributed by atoms with Crippen molar-refractivity contribution in [2.45, 2.75) is 36.9 Å². The maximum Gasteiger partial charge on any atom is 0.269 e. The van der Waals surface area contributed by atoms with Crippen molar-refractivity contribution in [1.29, 1.82) is 0 Å². The minimum atomic E-state index is -1.03. The van der Waals surface area contributed by atoms with Gasteiger partial charge in [0.15, 0.2) is 6.10 Å². The van der Waals surface area contributed by atoms with Crippen LogP contribution in [0.1, 0.15) is 25.5 Å². The number of nitrogens with zero attached hydrogens (tertiary/aromatic N) is 4. The summed E-state index contributed by atoms with van der Waals surface area (Å²) < 4.78 is 0.664. The van der Waals surface area contributed by atoms with E-state index in [2.05, 4.69) is 0 Å². The number of imide groups is 1. The summed E-state index contributed by atoms with van der Waals surface area (Å²) in [4.78, 5) is 47.4. The van der Waals surface area contributed by atoms with Crippen LogP contribution in [-0.4, -0.2) is 55.1 Å². The first-order valence-electron chi connectivity index (χ1n) is 10.7. The standard InChI is InChI=1S/C23H22N4O5S2/c1-23(2)21(34-22(33)24(23)3)26-17(13-8-7-11-15(12-13)27(30)31)16-18(32-26)20(29)25(19(16)28)14-9-5-4-6-10-14/h4-12,16-18,21H,1-3H3/t16-,17-,18-,21+/m1/s1. The lowest BCUT2D eigenvalue weighted by Gasteiger charge is -2.39. The van der Waals surface area contributed by atoms with Gasteiger partial charge in [0.1, 0.15) is 9.69 Å². The molecule has 4 atom stereocenters. The third kappa shape index (κ3) is 3.34. The zero-order valence-corrected chi connectivity index (χ0v) is 20.3. The molecule has 5 rings (SSSR count). The third-order valence-corrected chi connectivity index (χ3v) is 8.81. The molecule has 3 heterocycles. The lowest BCUT2D eigenvalue weighted by Crippen LogP contribution is -2.51. The molecule has 3 fully saturated rings. The van der Waals surface area contributed by atoms with Gasteiger partial charge < -0.3 is 4.90 Å². The van der Waals surface area contributed by atoms with Crippen molar-refractivity contribution in [3.8, 4) is 0 Å². The van der Waals surface area contributed by atoms with E-state index in [4.69, 9.17) is 17.1 Å². The Morgan fingerprint density at radius 1 is 1.09 bits per heavy atom. The maximum absolute atomic E-state index is 13.7. The number of fused-ring (bicyclic) bond motifs is 1. The van der Waals surface area contributed by atoms with E-state index in [9.17, 15) is 19.7 Å². The summed E-state index contributed by atoms with van der Waals surface area (Å²) >= 11 is 6.93. The number of carbonyl (C=O) groups excluding carboxylic acids is 2. The Bertz CT molecular complexity index is 1210. The zero-order chi connectivity index (χ0) is 24.4. The molecule has 3 saturated heterocycles. The van der Waals surface area contributed by atoms with Crippen molar-refractivity contribution in [2.24, 2.45) is 5.92 Å². The molecule has 2 amide bonds. The first-order chi connectivity index (χ1) is 16.1. The van der Waals surface area contributed by atoms with Gasteiger partial charge in [-0.3, -0.25) is 24.5 Å². The first kappa shape index (κ1) is 22.9. The number of anilines is 1. The number of thioether (sulfide) groups is 1. The highest BCUT2D eigenvalue weighted by Crippen LogP contribution is 2.52. The molecule has 9 nitrogen and oxygen atoms in total. The van der Waals surface area contributed by atoms with Crippen molar-refractivity contribution >= 4 is 51.5 Å². The van der Waals surface area contributed by atoms with Gasteiger partial charge in [-0.05, 0) is 31.5 Å². The Kier molecular flexibility index (Phi) is 5.47. The van der Waals surface area contributed by atoms with Crippen LogP contribution < -0.4 is 4.90 Å². The van der Waals surface area contributed by atoms with E-state index in [1.807, 2.05) is 25.8 Å². The number of rotatable bonds is 4. The van der Waals surface area contributed by atoms with Gasteiger partial charge in [-0.2, -0.15) is 5.06 Å². The van der Waals surface area contributed by atoms with Crippen LogP contribution in [0.4, 0.5) is 11.4 Å². The average Bonchev–Trinajstić information content (AvgIpc) is 3.39. The molecule has 0 bridgehead atoms. The van der Waals surface area contributed by atoms with E-state index in [1.54, 1.807) is 47.5 Å². The summed E-state index contributed by atoms with van der Waals surface area (Å²) in [5.74, 6) is -1.70. The number of carbonyl (C=O) groups is 2. The van der Waals surface area contributed by atoms with E-state index in [0.29, 0.717) is 15.6 Å². The minimum Gasteiger partial charge on any atom is -0.353 e. The van der Waals surface area contributed by atoms with Gasteiger partial charge >= 0.3 is 0 Å². The number of nitro groups is 1. The van der Waals surface area contributed by atoms with Crippen LogP contribution in [0, 0.1) is 16.0 Å². The number of amides is 2. The van der Waals surface area contributed by atoms with E-state index < -0.39 is 40.3 Å². The highest BCUT2D eigenvalue weighted by atomic mass is 32.2. The van der Waals surface area contributed by atoms with Gasteiger partial charge in [0, 0.05) is 19.2 Å². The Morgan fingerprint density at radius 2 is 1.79 bits per heavy atom. The maximum atomic E-state index is 13.7. The predicted octanol–water partition coefficient (Wildman–Crippen LogP) is 3.51. The highest BCUT2D eigenvalue weighted by molar-refractivity contribution is 8.23. The normalized spacial score (nSPS) is 28.6. The van der Waals surface area contributed by atoms with Crippen molar-refractivity contribution in [1.82, 2.24) is 9.96 Å². The van der Waals surface area contributed by atoms with Crippen LogP contribution >= 0.6 is 24.0 Å². The molecule has 3 aliphatic heterocycles. The number of hydroxylamine groups is 2. The lowest BCUT2D eigenvalue weighted by atomic mass is 9.89. The molecule has 0 N–H and O–H groups in total. The van der Waals surface area contributed by atoms with Crippen LogP contribution in [-0.2, 0) is 14.4 Å². The highest BCUT2D eigenvalue weighted by Gasteiger charge is 2.63. The molecule has 34 heavy (non-hydrogen) atoms. The van der Waals surface area contributed by atoms with Crippen molar-refractivity contribution in [3.05, 3.63) is 70.3 Å². The fourth-order valence-corrected chi connectivity index (χ4v) is 6.55. The molecule has 3 aliphatic rings. The van der Waals surface area contributed by atoms with Crippen LogP contribution in [0.2, 0.25) is 0 Å². The monoisotopic (exact) mass is 498 g/mol. The lowest BCUT2D eigenvalue weighted by molar-refractivity contribution is -0.385. The largest absolute Gasteiger partial charge is 0.353 e. The van der Waals surface area contributed by atoms with E-state index in [-0.39, 0.29) is 11.1 Å². The molecular formula is C23H22N4O5S2. The zero-order valence-electron chi connectivity index (χ0n) is 18.7. The topological polar surface area (TPSA) is 96.2 Å². The fraction of sp³-hybridized carbons (Fsp3) is 0.348. The van der Waals surface area contributed by atoms with Gasteiger partial charge in [0.25, 0.3) is 11.6 Å². The molecule has 176 valence electrons. The van der Waals surface area contributed by atoms with Crippen molar-refractivity contribution in [2.75, 3.05) is 11.9 Å². The number of hydrogen-bond donors (Lipinski definition) is 0. The number of para-hydroxylation sites is 1. The number of likely N-dealkylation sites (N-methyl/N-ethyl adjacent to an activating group) is 1. The Morgan fingerprint density at radius 3 is 2.41 bits per heavy atom. The van der Waals surface area contributed by atoms with Gasteiger partial charge in [0.05, 0.1) is 28.1 Å². The summed E-state index contributed by atoms with van der Waals surface area (Å²) in [7, 11) is 1.89. The Labute approximate surface area is 205 Å². The SMILES string of the molecule is CN1C(=S)S[C@H](N2O[C@H]3C(=O)N(c4ccccc4)C(=O)[C@@H]3[C@H]2c2cccc([N+](=O)[O-])c2)C1(C)C. The predicted molar refractivity (Wildman–Crippen MR) is 131 cm³/mol. The van der Waals surface area contributed by atoms with Gasteiger partial charge in [-0.1, -0.05) is 54.3 Å². The number of benzene rings is 2. The number of hydrogen-bond acceptors (Lipinski definition) is 8. The second kappa shape index (κ2) is 8.12. The second-order valence-corrected chi connectivity index (χ2v) is 10.7. The minimum absolute atomic E-state index is 0.0939.